The summed E-state index contributed by atoms with van der Waals surface area (Å²) >= 11 is 1.21. The van der Waals surface area contributed by atoms with Crippen molar-refractivity contribution >= 4 is 21.6 Å². The number of halogens is 2. The van der Waals surface area contributed by atoms with Crippen LogP contribution in [0.25, 0.3) is 10.2 Å². The van der Waals surface area contributed by atoms with E-state index in [-0.39, 0.29) is 5.56 Å². The molecular formula is C14H10F2N2OS. The summed E-state index contributed by atoms with van der Waals surface area (Å²) in [7, 11) is 0. The van der Waals surface area contributed by atoms with Gasteiger partial charge in [0.25, 0.3) is 11.5 Å². The van der Waals surface area contributed by atoms with Crippen LogP contribution in [0.1, 0.15) is 5.56 Å². The van der Waals surface area contributed by atoms with E-state index in [1.54, 1.807) is 29.6 Å². The van der Waals surface area contributed by atoms with Gasteiger partial charge >= 0.3 is 0 Å². The van der Waals surface area contributed by atoms with Gasteiger partial charge in [-0.2, -0.15) is 8.78 Å². The highest BCUT2D eigenvalue weighted by Gasteiger charge is 2.32. The van der Waals surface area contributed by atoms with Crippen LogP contribution in [0.3, 0.4) is 0 Å². The van der Waals surface area contributed by atoms with Gasteiger partial charge in [-0.25, -0.2) is 4.98 Å². The molecule has 20 heavy (non-hydrogen) atoms. The molecule has 0 bridgehead atoms. The molecule has 3 rings (SSSR count). The first-order valence-electron chi connectivity index (χ1n) is 5.94. The van der Waals surface area contributed by atoms with Gasteiger partial charge in [0, 0.05) is 5.56 Å². The third-order valence-corrected chi connectivity index (χ3v) is 3.89. The SMILES string of the molecule is O=c1c2sccc2ncn1CC(F)(F)c1ccccc1. The van der Waals surface area contributed by atoms with Crippen LogP contribution in [0.5, 0.6) is 0 Å². The van der Waals surface area contributed by atoms with Crippen LogP contribution in [-0.2, 0) is 12.5 Å². The first-order valence-corrected chi connectivity index (χ1v) is 6.82. The van der Waals surface area contributed by atoms with Crippen molar-refractivity contribution in [1.29, 1.82) is 0 Å². The molecule has 0 aliphatic carbocycles. The predicted molar refractivity (Wildman–Crippen MR) is 74.2 cm³/mol. The molecule has 0 atom stereocenters. The average Bonchev–Trinajstić information content (AvgIpc) is 2.92. The molecule has 0 aliphatic rings. The van der Waals surface area contributed by atoms with Gasteiger partial charge in [-0.3, -0.25) is 9.36 Å². The summed E-state index contributed by atoms with van der Waals surface area (Å²) in [6.07, 6.45) is 1.17. The van der Waals surface area contributed by atoms with Crippen LogP contribution in [0, 0.1) is 0 Å². The smallest absolute Gasteiger partial charge is 0.290 e. The summed E-state index contributed by atoms with van der Waals surface area (Å²) in [6.45, 7) is -0.712. The third-order valence-electron chi connectivity index (χ3n) is 3.00. The van der Waals surface area contributed by atoms with E-state index in [1.165, 1.54) is 29.8 Å². The zero-order valence-corrected chi connectivity index (χ0v) is 11.1. The highest BCUT2D eigenvalue weighted by Crippen LogP contribution is 2.29. The lowest BCUT2D eigenvalue weighted by atomic mass is 10.1. The summed E-state index contributed by atoms with van der Waals surface area (Å²) in [5.41, 5.74) is -0.00180. The van der Waals surface area contributed by atoms with Crippen LogP contribution in [0.15, 0.2) is 52.9 Å². The molecule has 0 spiro atoms. The molecule has 3 nitrogen and oxygen atoms in total. The normalized spacial score (nSPS) is 11.9. The highest BCUT2D eigenvalue weighted by molar-refractivity contribution is 7.17. The maximum absolute atomic E-state index is 14.2. The number of nitrogens with zero attached hydrogens (tertiary/aromatic N) is 2. The Balaban J connectivity index is 2.00. The van der Waals surface area contributed by atoms with Gasteiger partial charge in [0.05, 0.1) is 18.4 Å². The van der Waals surface area contributed by atoms with Crippen molar-refractivity contribution in [2.45, 2.75) is 12.5 Å². The molecule has 6 heteroatoms. The molecular weight excluding hydrogens is 282 g/mol. The molecule has 0 fully saturated rings. The molecule has 0 aliphatic heterocycles. The number of benzene rings is 1. The van der Waals surface area contributed by atoms with E-state index in [1.807, 2.05) is 0 Å². The van der Waals surface area contributed by atoms with Crippen LogP contribution in [0.2, 0.25) is 0 Å². The Labute approximate surface area is 117 Å². The molecule has 1 aromatic carbocycles. The van der Waals surface area contributed by atoms with Crippen LogP contribution in [-0.4, -0.2) is 9.55 Å². The largest absolute Gasteiger partial charge is 0.292 e. The Bertz CT molecular complexity index is 796. The van der Waals surface area contributed by atoms with Crippen molar-refractivity contribution in [3.05, 3.63) is 64.0 Å². The quantitative estimate of drug-likeness (QED) is 0.742. The van der Waals surface area contributed by atoms with E-state index in [4.69, 9.17) is 0 Å². The van der Waals surface area contributed by atoms with E-state index in [0.29, 0.717) is 10.2 Å². The van der Waals surface area contributed by atoms with Gasteiger partial charge in [0.1, 0.15) is 4.70 Å². The number of hydrogen-bond acceptors (Lipinski definition) is 3. The summed E-state index contributed by atoms with van der Waals surface area (Å²) in [5.74, 6) is -3.11. The molecule has 0 saturated heterocycles. The van der Waals surface area contributed by atoms with E-state index in [0.717, 1.165) is 4.57 Å². The zero-order chi connectivity index (χ0) is 14.2. The first kappa shape index (κ1) is 12.9. The Hall–Kier alpha value is -2.08. The molecule has 0 unspecified atom stereocenters. The summed E-state index contributed by atoms with van der Waals surface area (Å²) in [5, 5.41) is 1.72. The molecule has 2 aromatic heterocycles. The van der Waals surface area contributed by atoms with Gasteiger partial charge in [-0.1, -0.05) is 30.3 Å². The van der Waals surface area contributed by atoms with Crippen molar-refractivity contribution in [2.75, 3.05) is 0 Å². The highest BCUT2D eigenvalue weighted by atomic mass is 32.1. The fraction of sp³-hybridized carbons (Fsp3) is 0.143. The Morgan fingerprint density at radius 1 is 1.20 bits per heavy atom. The predicted octanol–water partition coefficient (Wildman–Crippen LogP) is 3.25. The summed E-state index contributed by atoms with van der Waals surface area (Å²) < 4.78 is 29.7. The molecule has 102 valence electrons. The Morgan fingerprint density at radius 2 is 1.95 bits per heavy atom. The fourth-order valence-electron chi connectivity index (χ4n) is 1.98. The van der Waals surface area contributed by atoms with Gasteiger partial charge in [-0.15, -0.1) is 11.3 Å². The fourth-order valence-corrected chi connectivity index (χ4v) is 2.77. The topological polar surface area (TPSA) is 34.9 Å². The number of fused-ring (bicyclic) bond motifs is 1. The molecule has 0 saturated carbocycles. The lowest BCUT2D eigenvalue weighted by Gasteiger charge is -2.17. The Kier molecular flexibility index (Phi) is 3.10. The number of aromatic nitrogens is 2. The average molecular weight is 292 g/mol. The standard InChI is InChI=1S/C14H10F2N2OS/c15-14(16,10-4-2-1-3-5-10)8-18-9-17-11-6-7-20-12(11)13(18)19/h1-7,9H,8H2. The van der Waals surface area contributed by atoms with Crippen LogP contribution < -0.4 is 5.56 Å². The molecule has 3 aromatic rings. The van der Waals surface area contributed by atoms with Gasteiger partial charge in [-0.05, 0) is 11.4 Å². The van der Waals surface area contributed by atoms with Crippen molar-refractivity contribution in [2.24, 2.45) is 0 Å². The lowest BCUT2D eigenvalue weighted by molar-refractivity contribution is -0.0232. The first-order chi connectivity index (χ1) is 9.58. The molecule has 0 radical (unpaired) electrons. The second-order valence-electron chi connectivity index (χ2n) is 4.38. The second-order valence-corrected chi connectivity index (χ2v) is 5.30. The minimum Gasteiger partial charge on any atom is -0.292 e. The van der Waals surface area contributed by atoms with Crippen molar-refractivity contribution < 1.29 is 8.78 Å². The Morgan fingerprint density at radius 3 is 2.70 bits per heavy atom. The third kappa shape index (κ3) is 2.22. The maximum Gasteiger partial charge on any atom is 0.290 e. The summed E-state index contributed by atoms with van der Waals surface area (Å²) in [6, 6.07) is 9.16. The minimum atomic E-state index is -3.11. The van der Waals surface area contributed by atoms with Gasteiger partial charge < -0.3 is 0 Å². The number of hydrogen-bond donors (Lipinski definition) is 0. The van der Waals surface area contributed by atoms with E-state index in [2.05, 4.69) is 4.98 Å². The number of alkyl halides is 2. The number of thiophene rings is 1. The van der Waals surface area contributed by atoms with E-state index >= 15 is 0 Å². The van der Waals surface area contributed by atoms with E-state index < -0.39 is 18.0 Å². The minimum absolute atomic E-state index is 0.113. The monoisotopic (exact) mass is 292 g/mol. The zero-order valence-electron chi connectivity index (χ0n) is 10.3. The van der Waals surface area contributed by atoms with Crippen molar-refractivity contribution in [1.82, 2.24) is 9.55 Å². The van der Waals surface area contributed by atoms with Crippen molar-refractivity contribution in [3.8, 4) is 0 Å². The van der Waals surface area contributed by atoms with Crippen molar-refractivity contribution in [3.63, 3.8) is 0 Å². The molecule has 0 amide bonds. The van der Waals surface area contributed by atoms with E-state index in [9.17, 15) is 13.6 Å². The summed E-state index contributed by atoms with van der Waals surface area (Å²) in [4.78, 5) is 16.1. The van der Waals surface area contributed by atoms with Gasteiger partial charge in [0.15, 0.2) is 0 Å². The molecule has 2 heterocycles. The van der Waals surface area contributed by atoms with Crippen LogP contribution in [0.4, 0.5) is 8.78 Å². The second kappa shape index (κ2) is 4.79. The molecule has 0 N–H and O–H groups in total. The van der Waals surface area contributed by atoms with Crippen LogP contribution >= 0.6 is 11.3 Å². The van der Waals surface area contributed by atoms with Gasteiger partial charge in [0.2, 0.25) is 0 Å². The maximum atomic E-state index is 14.2. The lowest BCUT2D eigenvalue weighted by Crippen LogP contribution is -2.29. The number of rotatable bonds is 3.